The first-order chi connectivity index (χ1) is 5.31. The van der Waals surface area contributed by atoms with Crippen LogP contribution in [0, 0.1) is 0 Å². The first kappa shape index (κ1) is 9.16. The van der Waals surface area contributed by atoms with Crippen molar-refractivity contribution in [3.63, 3.8) is 0 Å². The van der Waals surface area contributed by atoms with Crippen molar-refractivity contribution in [2.75, 3.05) is 12.5 Å². The van der Waals surface area contributed by atoms with E-state index in [4.69, 9.17) is 0 Å². The predicted octanol–water partition coefficient (Wildman–Crippen LogP) is 3.00. The minimum absolute atomic E-state index is 0.826. The number of rotatable bonds is 3. The van der Waals surface area contributed by atoms with Gasteiger partial charge in [0.05, 0.1) is 8.42 Å². The summed E-state index contributed by atoms with van der Waals surface area (Å²) in [5, 5.41) is 0. The van der Waals surface area contributed by atoms with E-state index < -0.39 is 0 Å². The molecular weight excluding hydrogens is 196 g/mol. The highest BCUT2D eigenvalue weighted by Crippen LogP contribution is 2.34. The van der Waals surface area contributed by atoms with Crippen LogP contribution < -0.4 is 0 Å². The summed E-state index contributed by atoms with van der Waals surface area (Å²) in [4.78, 5) is 10.5. The number of carbonyl (C=O) groups is 1. The normalized spacial score (nSPS) is 10.0. The number of thioether (sulfide) groups is 2. The average Bonchev–Trinajstić information content (AvgIpc) is 2.46. The first-order valence-corrected chi connectivity index (χ1v) is 6.25. The molecule has 0 amide bonds. The molecule has 0 aliphatic heterocycles. The summed E-state index contributed by atoms with van der Waals surface area (Å²) >= 11 is 4.99. The minimum Gasteiger partial charge on any atom is -0.298 e. The number of hydrogen-bond acceptors (Lipinski definition) is 4. The molecule has 0 atom stereocenters. The summed E-state index contributed by atoms with van der Waals surface area (Å²) in [6, 6.07) is 1.94. The summed E-state index contributed by atoms with van der Waals surface area (Å²) in [5.74, 6) is 0. The van der Waals surface area contributed by atoms with Crippen LogP contribution in [0.5, 0.6) is 0 Å². The molecule has 0 saturated heterocycles. The fourth-order valence-electron chi connectivity index (χ4n) is 0.708. The lowest BCUT2D eigenvalue weighted by Gasteiger charge is -1.86. The zero-order chi connectivity index (χ0) is 8.27. The highest BCUT2D eigenvalue weighted by molar-refractivity contribution is 8.02. The summed E-state index contributed by atoms with van der Waals surface area (Å²) in [6.45, 7) is 0. The van der Waals surface area contributed by atoms with E-state index in [0.29, 0.717) is 0 Å². The van der Waals surface area contributed by atoms with Gasteiger partial charge in [-0.05, 0) is 18.6 Å². The quantitative estimate of drug-likeness (QED) is 0.556. The van der Waals surface area contributed by atoms with E-state index in [1.54, 1.807) is 34.9 Å². The first-order valence-electron chi connectivity index (χ1n) is 2.98. The highest BCUT2D eigenvalue weighted by Gasteiger charge is 2.05. The van der Waals surface area contributed by atoms with Crippen LogP contribution in [0.2, 0.25) is 0 Å². The lowest BCUT2D eigenvalue weighted by atomic mass is 10.4. The van der Waals surface area contributed by atoms with Crippen LogP contribution in [0.25, 0.3) is 0 Å². The van der Waals surface area contributed by atoms with Crippen LogP contribution in [-0.2, 0) is 0 Å². The van der Waals surface area contributed by atoms with E-state index in [9.17, 15) is 4.79 Å². The molecule has 1 aromatic rings. The molecule has 0 aromatic carbocycles. The van der Waals surface area contributed by atoms with Crippen molar-refractivity contribution >= 4 is 41.1 Å². The van der Waals surface area contributed by atoms with Crippen molar-refractivity contribution in [3.8, 4) is 0 Å². The number of hydrogen-bond donors (Lipinski definition) is 0. The van der Waals surface area contributed by atoms with Gasteiger partial charge in [-0.3, -0.25) is 4.79 Å². The van der Waals surface area contributed by atoms with E-state index >= 15 is 0 Å². The van der Waals surface area contributed by atoms with Crippen LogP contribution >= 0.6 is 34.9 Å². The molecule has 0 N–H and O–H groups in total. The fraction of sp³-hybridized carbons (Fsp3) is 0.286. The van der Waals surface area contributed by atoms with Gasteiger partial charge in [-0.2, -0.15) is 0 Å². The standard InChI is InChI=1S/C7H8OS3/c1-9-6-3-5(4-8)7(10-2)11-6/h3-4H,1-2H3. The van der Waals surface area contributed by atoms with E-state index in [1.807, 2.05) is 18.6 Å². The Bertz CT molecular complexity index is 254. The zero-order valence-corrected chi connectivity index (χ0v) is 8.74. The Kier molecular flexibility index (Phi) is 3.48. The number of thiophene rings is 1. The van der Waals surface area contributed by atoms with E-state index in [2.05, 4.69) is 0 Å². The van der Waals surface area contributed by atoms with Gasteiger partial charge in [0.2, 0.25) is 0 Å². The van der Waals surface area contributed by atoms with Crippen molar-refractivity contribution in [2.24, 2.45) is 0 Å². The Morgan fingerprint density at radius 3 is 2.55 bits per heavy atom. The molecule has 0 radical (unpaired) electrons. The van der Waals surface area contributed by atoms with E-state index in [0.717, 1.165) is 16.1 Å². The van der Waals surface area contributed by atoms with Crippen molar-refractivity contribution in [1.29, 1.82) is 0 Å². The summed E-state index contributed by atoms with van der Waals surface area (Å²) < 4.78 is 2.32. The Morgan fingerprint density at radius 1 is 1.45 bits per heavy atom. The molecule has 0 bridgehead atoms. The maximum Gasteiger partial charge on any atom is 0.152 e. The average molecular weight is 204 g/mol. The zero-order valence-electron chi connectivity index (χ0n) is 6.29. The molecule has 60 valence electrons. The third-order valence-corrected chi connectivity index (χ3v) is 4.58. The molecule has 0 aliphatic rings. The molecule has 0 fully saturated rings. The summed E-state index contributed by atoms with van der Waals surface area (Å²) in [7, 11) is 0. The SMILES string of the molecule is CSc1cc(C=O)c(SC)s1. The van der Waals surface area contributed by atoms with Crippen molar-refractivity contribution in [1.82, 2.24) is 0 Å². The minimum atomic E-state index is 0.826. The van der Waals surface area contributed by atoms with Crippen molar-refractivity contribution < 1.29 is 4.79 Å². The molecule has 0 aliphatic carbocycles. The van der Waals surface area contributed by atoms with E-state index in [1.165, 1.54) is 4.21 Å². The Hall–Kier alpha value is 0.0700. The Balaban J connectivity index is 3.01. The maximum atomic E-state index is 10.5. The molecule has 1 nitrogen and oxygen atoms in total. The van der Waals surface area contributed by atoms with Crippen LogP contribution in [0.15, 0.2) is 14.5 Å². The predicted molar refractivity (Wildman–Crippen MR) is 53.3 cm³/mol. The van der Waals surface area contributed by atoms with Gasteiger partial charge in [-0.1, -0.05) is 0 Å². The van der Waals surface area contributed by atoms with Gasteiger partial charge in [0.1, 0.15) is 0 Å². The van der Waals surface area contributed by atoms with Crippen LogP contribution in [0.3, 0.4) is 0 Å². The number of carbonyl (C=O) groups excluding carboxylic acids is 1. The van der Waals surface area contributed by atoms with Crippen LogP contribution in [0.4, 0.5) is 0 Å². The van der Waals surface area contributed by atoms with Crippen LogP contribution in [0.1, 0.15) is 10.4 Å². The summed E-state index contributed by atoms with van der Waals surface area (Å²) in [5.41, 5.74) is 0.826. The van der Waals surface area contributed by atoms with E-state index in [-0.39, 0.29) is 0 Å². The third-order valence-electron chi connectivity index (χ3n) is 1.22. The molecule has 0 saturated carbocycles. The number of aldehydes is 1. The molecule has 11 heavy (non-hydrogen) atoms. The smallest absolute Gasteiger partial charge is 0.152 e. The lowest BCUT2D eigenvalue weighted by molar-refractivity contribution is 0.112. The third kappa shape index (κ3) is 2.01. The second-order valence-electron chi connectivity index (χ2n) is 1.83. The maximum absolute atomic E-state index is 10.5. The topological polar surface area (TPSA) is 17.1 Å². The highest BCUT2D eigenvalue weighted by atomic mass is 32.2. The lowest BCUT2D eigenvalue weighted by Crippen LogP contribution is -1.73. The second-order valence-corrected chi connectivity index (χ2v) is 5.07. The van der Waals surface area contributed by atoms with Gasteiger partial charge in [0.25, 0.3) is 0 Å². The fourth-order valence-corrected chi connectivity index (χ4v) is 3.23. The molecule has 0 spiro atoms. The van der Waals surface area contributed by atoms with Crippen molar-refractivity contribution in [3.05, 3.63) is 11.6 Å². The van der Waals surface area contributed by atoms with Gasteiger partial charge in [-0.25, -0.2) is 0 Å². The molecule has 0 unspecified atom stereocenters. The molecular formula is C7H8OS3. The molecule has 4 heteroatoms. The molecule has 1 rings (SSSR count). The van der Waals surface area contributed by atoms with Gasteiger partial charge in [0, 0.05) is 5.56 Å². The Morgan fingerprint density at radius 2 is 2.18 bits per heavy atom. The molecule has 1 aromatic heterocycles. The van der Waals surface area contributed by atoms with Gasteiger partial charge in [-0.15, -0.1) is 34.9 Å². The van der Waals surface area contributed by atoms with Crippen molar-refractivity contribution in [2.45, 2.75) is 8.42 Å². The monoisotopic (exact) mass is 204 g/mol. The van der Waals surface area contributed by atoms with Crippen LogP contribution in [-0.4, -0.2) is 18.8 Å². The Labute approximate surface area is 78.6 Å². The molecule has 1 heterocycles. The van der Waals surface area contributed by atoms with Gasteiger partial charge < -0.3 is 0 Å². The second kappa shape index (κ2) is 4.18. The largest absolute Gasteiger partial charge is 0.298 e. The van der Waals surface area contributed by atoms with Gasteiger partial charge >= 0.3 is 0 Å². The summed E-state index contributed by atoms with van der Waals surface area (Å²) in [6.07, 6.45) is 4.93. The van der Waals surface area contributed by atoms with Gasteiger partial charge in [0.15, 0.2) is 6.29 Å².